The van der Waals surface area contributed by atoms with Crippen LogP contribution in [0.2, 0.25) is 0 Å². The van der Waals surface area contributed by atoms with Gasteiger partial charge in [0.2, 0.25) is 0 Å². The lowest BCUT2D eigenvalue weighted by Gasteiger charge is -2.09. The smallest absolute Gasteiger partial charge is 0.151 e. The summed E-state index contributed by atoms with van der Waals surface area (Å²) in [6.07, 6.45) is 0.910. The summed E-state index contributed by atoms with van der Waals surface area (Å²) in [5, 5.41) is 0. The molecule has 2 aromatic rings. The highest BCUT2D eigenvalue weighted by Crippen LogP contribution is 2.19. The molecule has 2 rings (SSSR count). The molecule has 0 saturated heterocycles. The summed E-state index contributed by atoms with van der Waals surface area (Å²) < 4.78 is 2.10. The van der Waals surface area contributed by atoms with E-state index >= 15 is 0 Å². The third kappa shape index (κ3) is 2.68. The average Bonchev–Trinajstić information content (AvgIpc) is 2.68. The van der Waals surface area contributed by atoms with Crippen molar-refractivity contribution in [3.8, 4) is 5.69 Å². The van der Waals surface area contributed by atoms with E-state index in [-0.39, 0.29) is 0 Å². The van der Waals surface area contributed by atoms with Crippen molar-refractivity contribution < 1.29 is 4.79 Å². The number of rotatable bonds is 2. The van der Waals surface area contributed by atoms with E-state index in [0.717, 1.165) is 28.9 Å². The van der Waals surface area contributed by atoms with Crippen LogP contribution in [0.15, 0.2) is 30.3 Å². The predicted octanol–water partition coefficient (Wildman–Crippen LogP) is 2.79. The maximum absolute atomic E-state index is 10.9. The summed E-state index contributed by atoms with van der Waals surface area (Å²) in [5.74, 6) is 0. The van der Waals surface area contributed by atoms with Gasteiger partial charge >= 0.3 is 0 Å². The Morgan fingerprint density at radius 1 is 1.06 bits per heavy atom. The Balaban J connectivity index is 0.000000771. The van der Waals surface area contributed by atoms with Crippen molar-refractivity contribution in [3.05, 3.63) is 52.8 Å². The zero-order valence-electron chi connectivity index (χ0n) is 11.4. The van der Waals surface area contributed by atoms with E-state index in [1.165, 1.54) is 12.6 Å². The Kier molecular flexibility index (Phi) is 4.86. The molecule has 0 aliphatic heterocycles. The molecule has 0 atom stereocenters. The van der Waals surface area contributed by atoms with E-state index in [1.54, 1.807) is 0 Å². The summed E-state index contributed by atoms with van der Waals surface area (Å²) in [6, 6.07) is 10.2. The second-order valence-corrected chi connectivity index (χ2v) is 4.12. The quantitative estimate of drug-likeness (QED) is 0.826. The van der Waals surface area contributed by atoms with Gasteiger partial charge in [-0.3, -0.25) is 4.79 Å². The molecule has 18 heavy (non-hydrogen) atoms. The van der Waals surface area contributed by atoms with E-state index in [1.807, 2.05) is 19.9 Å². The van der Waals surface area contributed by atoms with Crippen molar-refractivity contribution in [1.82, 2.24) is 4.57 Å². The first-order valence-corrected chi connectivity index (χ1v) is 5.92. The summed E-state index contributed by atoms with van der Waals surface area (Å²) in [5.41, 5.74) is 9.69. The molecule has 0 unspecified atom stereocenters. The molecule has 3 heteroatoms. The molecule has 2 N–H and O–H groups in total. The van der Waals surface area contributed by atoms with Crippen molar-refractivity contribution >= 4 is 6.29 Å². The third-order valence-electron chi connectivity index (χ3n) is 2.89. The molecule has 1 heterocycles. The first-order chi connectivity index (χ1) is 8.63. The van der Waals surface area contributed by atoms with Gasteiger partial charge in [0.05, 0.1) is 0 Å². The fourth-order valence-corrected chi connectivity index (χ4v) is 2.00. The number of hydrogen-bond donors (Lipinski definition) is 1. The Labute approximate surface area is 108 Å². The topological polar surface area (TPSA) is 48.0 Å². The molecule has 0 saturated carbocycles. The van der Waals surface area contributed by atoms with E-state index in [2.05, 4.69) is 41.5 Å². The second-order valence-electron chi connectivity index (χ2n) is 4.12. The lowest BCUT2D eigenvalue weighted by atomic mass is 10.2. The summed E-state index contributed by atoms with van der Waals surface area (Å²) in [6.45, 7) is 6.05. The van der Waals surface area contributed by atoms with E-state index in [9.17, 15) is 4.79 Å². The number of benzene rings is 1. The Morgan fingerprint density at radius 3 is 2.06 bits per heavy atom. The van der Waals surface area contributed by atoms with E-state index < -0.39 is 0 Å². The zero-order valence-corrected chi connectivity index (χ0v) is 11.4. The van der Waals surface area contributed by atoms with Crippen molar-refractivity contribution in [2.75, 3.05) is 7.05 Å². The monoisotopic (exact) mass is 244 g/mol. The summed E-state index contributed by atoms with van der Waals surface area (Å²) >= 11 is 0. The van der Waals surface area contributed by atoms with Gasteiger partial charge in [-0.2, -0.15) is 0 Å². The Morgan fingerprint density at radius 2 is 1.61 bits per heavy atom. The molecule has 0 amide bonds. The van der Waals surface area contributed by atoms with Crippen LogP contribution in [0.3, 0.4) is 0 Å². The number of aromatic nitrogens is 1. The minimum Gasteiger partial charge on any atom is -0.333 e. The average molecular weight is 244 g/mol. The molecular weight excluding hydrogens is 224 g/mol. The highest BCUT2D eigenvalue weighted by molar-refractivity contribution is 5.77. The largest absolute Gasteiger partial charge is 0.333 e. The van der Waals surface area contributed by atoms with Crippen molar-refractivity contribution in [3.63, 3.8) is 0 Å². The highest BCUT2D eigenvalue weighted by Gasteiger charge is 2.09. The molecular formula is C15H20N2O. The lowest BCUT2D eigenvalue weighted by Crippen LogP contribution is -1.99. The molecule has 0 spiro atoms. The zero-order chi connectivity index (χ0) is 13.7. The fraction of sp³-hybridized carbons (Fsp3) is 0.267. The lowest BCUT2D eigenvalue weighted by molar-refractivity contribution is 0.112. The molecule has 96 valence electrons. The van der Waals surface area contributed by atoms with Crippen LogP contribution in [0.5, 0.6) is 0 Å². The van der Waals surface area contributed by atoms with Gasteiger partial charge in [-0.1, -0.05) is 17.7 Å². The standard InChI is InChI=1S/C14H15NO.CH5N/c1-10-4-6-14(7-5-10)15-11(2)8-13(9-16)12(15)3;1-2/h4-9H,1-3H3;2H2,1H3. The van der Waals surface area contributed by atoms with Crippen molar-refractivity contribution in [2.45, 2.75) is 20.8 Å². The van der Waals surface area contributed by atoms with E-state index in [0.29, 0.717) is 0 Å². The minimum atomic E-state index is 0.762. The first-order valence-electron chi connectivity index (χ1n) is 5.92. The van der Waals surface area contributed by atoms with Gasteiger partial charge in [-0.25, -0.2) is 0 Å². The van der Waals surface area contributed by atoms with Gasteiger partial charge in [-0.05, 0) is 46.0 Å². The van der Waals surface area contributed by atoms with Crippen LogP contribution in [0.1, 0.15) is 27.3 Å². The van der Waals surface area contributed by atoms with Crippen LogP contribution in [-0.2, 0) is 0 Å². The number of carbonyl (C=O) groups excluding carboxylic acids is 1. The molecule has 1 aromatic carbocycles. The SMILES string of the molecule is CN.Cc1ccc(-n2c(C)cc(C=O)c2C)cc1. The molecule has 0 radical (unpaired) electrons. The van der Waals surface area contributed by atoms with Gasteiger partial charge in [0, 0.05) is 22.6 Å². The Hall–Kier alpha value is -1.87. The van der Waals surface area contributed by atoms with Crippen LogP contribution >= 0.6 is 0 Å². The van der Waals surface area contributed by atoms with Crippen LogP contribution in [0.4, 0.5) is 0 Å². The molecule has 1 aromatic heterocycles. The predicted molar refractivity (Wildman–Crippen MR) is 75.5 cm³/mol. The van der Waals surface area contributed by atoms with Crippen LogP contribution in [0, 0.1) is 20.8 Å². The molecule has 0 aliphatic carbocycles. The highest BCUT2D eigenvalue weighted by atomic mass is 16.1. The summed E-state index contributed by atoms with van der Waals surface area (Å²) in [7, 11) is 1.50. The van der Waals surface area contributed by atoms with Gasteiger partial charge in [-0.15, -0.1) is 0 Å². The Bertz CT molecular complexity index is 524. The van der Waals surface area contributed by atoms with Crippen LogP contribution in [0.25, 0.3) is 5.69 Å². The third-order valence-corrected chi connectivity index (χ3v) is 2.89. The molecule has 0 aliphatic rings. The normalized spacial score (nSPS) is 9.61. The maximum Gasteiger partial charge on any atom is 0.151 e. The van der Waals surface area contributed by atoms with Crippen LogP contribution in [-0.4, -0.2) is 17.9 Å². The number of aldehydes is 1. The molecule has 3 nitrogen and oxygen atoms in total. The van der Waals surface area contributed by atoms with Gasteiger partial charge in [0.25, 0.3) is 0 Å². The molecule has 0 bridgehead atoms. The van der Waals surface area contributed by atoms with Gasteiger partial charge in [0.15, 0.2) is 6.29 Å². The van der Waals surface area contributed by atoms with Gasteiger partial charge < -0.3 is 10.3 Å². The fourth-order valence-electron chi connectivity index (χ4n) is 2.00. The maximum atomic E-state index is 10.9. The molecule has 0 fully saturated rings. The number of nitrogens with zero attached hydrogens (tertiary/aromatic N) is 1. The summed E-state index contributed by atoms with van der Waals surface area (Å²) in [4.78, 5) is 10.9. The van der Waals surface area contributed by atoms with Crippen molar-refractivity contribution in [2.24, 2.45) is 5.73 Å². The number of carbonyl (C=O) groups is 1. The minimum absolute atomic E-state index is 0.762. The van der Waals surface area contributed by atoms with Gasteiger partial charge in [0.1, 0.15) is 0 Å². The van der Waals surface area contributed by atoms with Crippen molar-refractivity contribution in [1.29, 1.82) is 0 Å². The second kappa shape index (κ2) is 6.17. The number of nitrogens with two attached hydrogens (primary N) is 1. The first kappa shape index (κ1) is 14.2. The van der Waals surface area contributed by atoms with E-state index in [4.69, 9.17) is 0 Å². The number of aryl methyl sites for hydroxylation is 2. The number of hydrogen-bond acceptors (Lipinski definition) is 2. The van der Waals surface area contributed by atoms with Crippen LogP contribution < -0.4 is 5.73 Å².